The molecule has 1 aliphatic heterocycles. The van der Waals surface area contributed by atoms with Crippen molar-refractivity contribution >= 4 is 23.9 Å². The maximum Gasteiger partial charge on any atom is 0.410 e. The monoisotopic (exact) mass is 774 g/mol. The van der Waals surface area contributed by atoms with Gasteiger partial charge in [0, 0.05) is 56.8 Å². The Bertz CT molecular complexity index is 1860. The first-order chi connectivity index (χ1) is 25.7. The lowest BCUT2D eigenvalue weighted by molar-refractivity contribution is -0.161. The van der Waals surface area contributed by atoms with Crippen LogP contribution in [0.3, 0.4) is 0 Å². The number of hydrogen-bond acceptors (Lipinski definition) is 9. The van der Waals surface area contributed by atoms with Gasteiger partial charge < -0.3 is 38.4 Å². The van der Waals surface area contributed by atoms with E-state index in [-0.39, 0.29) is 50.1 Å². The fourth-order valence-corrected chi connectivity index (χ4v) is 6.64. The van der Waals surface area contributed by atoms with Crippen molar-refractivity contribution in [3.63, 3.8) is 0 Å². The zero-order valence-electron chi connectivity index (χ0n) is 32.3. The minimum atomic E-state index is -1.64. The molecule has 3 aromatic rings. The highest BCUT2D eigenvalue weighted by molar-refractivity contribution is 5.83. The largest absolute Gasteiger partial charge is 0.481 e. The summed E-state index contributed by atoms with van der Waals surface area (Å²) in [5, 5.41) is 10.1. The van der Waals surface area contributed by atoms with Gasteiger partial charge in [-0.2, -0.15) is 0 Å². The molecule has 2 aromatic carbocycles. The van der Waals surface area contributed by atoms with Crippen LogP contribution in [0.25, 0.3) is 11.3 Å². The highest BCUT2D eigenvalue weighted by Gasteiger charge is 2.47. The van der Waals surface area contributed by atoms with Gasteiger partial charge in [-0.1, -0.05) is 26.0 Å². The van der Waals surface area contributed by atoms with Crippen LogP contribution >= 0.6 is 0 Å². The van der Waals surface area contributed by atoms with Crippen molar-refractivity contribution in [1.82, 2.24) is 19.4 Å². The minimum Gasteiger partial charge on any atom is -0.481 e. The number of nitrogens with zero attached hydrogens (tertiary/aromatic N) is 4. The lowest BCUT2D eigenvalue weighted by Crippen LogP contribution is -2.50. The van der Waals surface area contributed by atoms with E-state index in [9.17, 15) is 28.7 Å². The molecule has 1 aliphatic rings. The summed E-state index contributed by atoms with van der Waals surface area (Å²) < 4.78 is 68.8. The number of likely N-dealkylation sites (tertiary alicyclic amines) is 1. The molecule has 0 saturated carbocycles. The number of carboxylic acids is 1. The molecule has 0 aliphatic carbocycles. The first-order valence-corrected chi connectivity index (χ1v) is 17.7. The molecule has 0 bridgehead atoms. The Morgan fingerprint density at radius 1 is 1.05 bits per heavy atom. The predicted molar refractivity (Wildman–Crippen MR) is 194 cm³/mol. The zero-order valence-corrected chi connectivity index (χ0v) is 32.3. The summed E-state index contributed by atoms with van der Waals surface area (Å²) in [5.41, 5.74) is -1.84. The summed E-state index contributed by atoms with van der Waals surface area (Å²) in [6, 6.07) is 8.47. The fraction of sp³-hybridized carbons (Fsp3) is 0.513. The Kier molecular flexibility index (Phi) is 13.6. The third-order valence-corrected chi connectivity index (χ3v) is 8.93. The van der Waals surface area contributed by atoms with Crippen molar-refractivity contribution in [3.8, 4) is 17.0 Å². The van der Waals surface area contributed by atoms with Crippen molar-refractivity contribution in [2.45, 2.75) is 85.4 Å². The van der Waals surface area contributed by atoms with Crippen LogP contribution in [0.15, 0.2) is 48.7 Å². The second kappa shape index (κ2) is 17.6. The number of carbonyl (C=O) groups is 4. The first-order valence-electron chi connectivity index (χ1n) is 17.7. The number of halogens is 3. The Balaban J connectivity index is 1.94. The molecule has 0 spiro atoms. The molecule has 1 saturated heterocycles. The molecule has 16 heteroatoms. The summed E-state index contributed by atoms with van der Waals surface area (Å²) >= 11 is 0. The van der Waals surface area contributed by atoms with Gasteiger partial charge in [0.2, 0.25) is 0 Å². The Morgan fingerprint density at radius 3 is 2.40 bits per heavy atom. The Morgan fingerprint density at radius 2 is 1.76 bits per heavy atom. The summed E-state index contributed by atoms with van der Waals surface area (Å²) in [6.45, 7) is 9.75. The standard InChI is InChI=1S/C39H49F3N4O9/c1-23(54-24(2)47)36(50)46(19-26-18-45(20-31(26)42)37(51)55-38(3,4)5)34(39(6,7)16-33(48)49)35-43-32(29-15-27(40)12-13-30(29)41)21-44(35)17-25-10-9-11-28(14-25)53-22-52-8/h9-15,21,23,26,31,34H,16-20,22H2,1-8H3,(H,48,49)/t23-,26-,31-,34-/m0/s1. The molecule has 1 fully saturated rings. The average molecular weight is 775 g/mol. The number of rotatable bonds is 15. The second-order valence-corrected chi connectivity index (χ2v) is 15.3. The fourth-order valence-electron chi connectivity index (χ4n) is 6.64. The molecule has 2 amide bonds. The van der Waals surface area contributed by atoms with Crippen LogP contribution in [-0.2, 0) is 35.1 Å². The number of alkyl halides is 1. The number of ether oxygens (including phenoxy) is 4. The van der Waals surface area contributed by atoms with Crippen LogP contribution < -0.4 is 4.74 Å². The molecule has 13 nitrogen and oxygen atoms in total. The molecule has 300 valence electrons. The number of benzene rings is 2. The van der Waals surface area contributed by atoms with E-state index in [1.165, 1.54) is 30.0 Å². The van der Waals surface area contributed by atoms with Gasteiger partial charge >= 0.3 is 18.0 Å². The van der Waals surface area contributed by atoms with E-state index in [1.54, 1.807) is 63.5 Å². The third-order valence-electron chi connectivity index (χ3n) is 8.93. The number of amides is 2. The van der Waals surface area contributed by atoms with Gasteiger partial charge in [-0.3, -0.25) is 14.4 Å². The Labute approximate surface area is 318 Å². The number of esters is 1. The number of hydrogen-bond donors (Lipinski definition) is 1. The van der Waals surface area contributed by atoms with Crippen LogP contribution in [0.1, 0.15) is 72.3 Å². The van der Waals surface area contributed by atoms with E-state index in [0.29, 0.717) is 11.3 Å². The van der Waals surface area contributed by atoms with E-state index in [0.717, 1.165) is 25.1 Å². The number of methoxy groups -OCH3 is 1. The van der Waals surface area contributed by atoms with E-state index < -0.39 is 77.2 Å². The van der Waals surface area contributed by atoms with Crippen LogP contribution in [0.2, 0.25) is 0 Å². The van der Waals surface area contributed by atoms with Crippen molar-refractivity contribution in [3.05, 3.63) is 71.7 Å². The van der Waals surface area contributed by atoms with Crippen molar-refractivity contribution < 1.29 is 56.4 Å². The molecule has 2 heterocycles. The molecular formula is C39H49F3N4O9. The summed E-state index contributed by atoms with van der Waals surface area (Å²) in [6.07, 6.45) is -2.88. The average Bonchev–Trinajstić information content (AvgIpc) is 3.65. The maximum absolute atomic E-state index is 16.0. The van der Waals surface area contributed by atoms with Gasteiger partial charge in [0.25, 0.3) is 5.91 Å². The molecule has 55 heavy (non-hydrogen) atoms. The highest BCUT2D eigenvalue weighted by atomic mass is 19.1. The van der Waals surface area contributed by atoms with Crippen LogP contribution in [0, 0.1) is 23.0 Å². The number of carbonyl (C=O) groups excluding carboxylic acids is 3. The smallest absolute Gasteiger partial charge is 0.410 e. The SMILES string of the molecule is COCOc1cccc(Cn2cc(-c3cc(F)ccc3F)nc2[C@H](N(C[C@@H]2CN(C(=O)OC(C)(C)C)C[C@@H]2F)C(=O)[C@H](C)OC(C)=O)C(C)(C)CC(=O)O)c1. The first kappa shape index (κ1) is 42.6. The van der Waals surface area contributed by atoms with Gasteiger partial charge in [0.15, 0.2) is 12.9 Å². The molecule has 4 atom stereocenters. The van der Waals surface area contributed by atoms with E-state index in [4.69, 9.17) is 23.9 Å². The minimum absolute atomic E-state index is 0.0201. The van der Waals surface area contributed by atoms with Crippen molar-refractivity contribution in [2.75, 3.05) is 33.5 Å². The molecule has 0 radical (unpaired) electrons. The number of aromatic nitrogens is 2. The van der Waals surface area contributed by atoms with Gasteiger partial charge in [-0.25, -0.2) is 22.9 Å². The van der Waals surface area contributed by atoms with Crippen molar-refractivity contribution in [1.29, 1.82) is 0 Å². The molecule has 4 rings (SSSR count). The van der Waals surface area contributed by atoms with Crippen LogP contribution in [0.5, 0.6) is 5.75 Å². The van der Waals surface area contributed by atoms with Gasteiger partial charge in [0.05, 0.1) is 24.7 Å². The molecular weight excluding hydrogens is 725 g/mol. The molecule has 0 unspecified atom stereocenters. The maximum atomic E-state index is 16.0. The lowest BCUT2D eigenvalue weighted by Gasteiger charge is -2.43. The second-order valence-electron chi connectivity index (χ2n) is 15.3. The summed E-state index contributed by atoms with van der Waals surface area (Å²) in [7, 11) is 1.47. The van der Waals surface area contributed by atoms with E-state index >= 15 is 8.78 Å². The Hall–Kier alpha value is -5.12. The number of imidazole rings is 1. The van der Waals surface area contributed by atoms with Crippen LogP contribution in [-0.4, -0.2) is 99.8 Å². The van der Waals surface area contributed by atoms with Gasteiger partial charge in [0.1, 0.15) is 35.0 Å². The topological polar surface area (TPSA) is 150 Å². The van der Waals surface area contributed by atoms with Crippen molar-refractivity contribution in [2.24, 2.45) is 11.3 Å². The zero-order chi connectivity index (χ0) is 40.8. The van der Waals surface area contributed by atoms with Gasteiger partial charge in [-0.15, -0.1) is 0 Å². The number of carboxylic acid groups (broad SMARTS) is 1. The van der Waals surface area contributed by atoms with Gasteiger partial charge in [-0.05, 0) is 63.6 Å². The normalized spacial score (nSPS) is 17.0. The summed E-state index contributed by atoms with van der Waals surface area (Å²) in [4.78, 5) is 59.2. The highest BCUT2D eigenvalue weighted by Crippen LogP contribution is 2.43. The summed E-state index contributed by atoms with van der Waals surface area (Å²) in [5.74, 6) is -4.83. The predicted octanol–water partition coefficient (Wildman–Crippen LogP) is 6.39. The lowest BCUT2D eigenvalue weighted by atomic mass is 9.79. The van der Waals surface area contributed by atoms with E-state index in [2.05, 4.69) is 0 Å². The number of aliphatic carboxylic acids is 1. The molecule has 1 N–H and O–H groups in total. The third kappa shape index (κ3) is 11.2. The van der Waals surface area contributed by atoms with E-state index in [1.807, 2.05) is 0 Å². The van der Waals surface area contributed by atoms with Crippen LogP contribution in [0.4, 0.5) is 18.0 Å². The molecule has 1 aromatic heterocycles. The quantitative estimate of drug-likeness (QED) is 0.136.